The lowest BCUT2D eigenvalue weighted by Gasteiger charge is -2.36. The third-order valence-corrected chi connectivity index (χ3v) is 9.86. The highest BCUT2D eigenvalue weighted by Crippen LogP contribution is 2.39. The number of carbonyl (C=O) groups is 1. The molecule has 0 saturated carbocycles. The number of nitrogens with zero attached hydrogens (tertiary/aromatic N) is 2. The fraction of sp³-hybridized carbons (Fsp3) is 0.389. The Hall–Kier alpha value is -0.840. The van der Waals surface area contributed by atoms with Gasteiger partial charge in [0.05, 0.1) is 11.6 Å². The van der Waals surface area contributed by atoms with E-state index in [4.69, 9.17) is 27.9 Å². The molecule has 156 valence electrons. The van der Waals surface area contributed by atoms with Crippen LogP contribution in [0.2, 0.25) is 9.36 Å². The number of thiophene rings is 1. The zero-order chi connectivity index (χ0) is 20.8. The smallest absolute Gasteiger partial charge is 0.410 e. The van der Waals surface area contributed by atoms with E-state index < -0.39 is 15.6 Å². The summed E-state index contributed by atoms with van der Waals surface area (Å²) in [5.74, 6) is 0. The van der Waals surface area contributed by atoms with Crippen LogP contribution in [-0.4, -0.2) is 49.0 Å². The first-order valence-corrected chi connectivity index (χ1v) is 12.7. The van der Waals surface area contributed by atoms with E-state index in [1.807, 2.05) is 24.3 Å². The molecule has 0 N–H and O–H groups in total. The number of piperidine rings is 1. The van der Waals surface area contributed by atoms with Gasteiger partial charge in [0.25, 0.3) is 10.0 Å². The number of benzene rings is 1. The number of hydrogen-bond acceptors (Lipinski definition) is 5. The van der Waals surface area contributed by atoms with Crippen LogP contribution in [0.15, 0.2) is 39.0 Å². The van der Waals surface area contributed by atoms with Crippen molar-refractivity contribution in [3.8, 4) is 0 Å². The minimum absolute atomic E-state index is 0.128. The first-order chi connectivity index (χ1) is 13.7. The van der Waals surface area contributed by atoms with Crippen LogP contribution in [0.5, 0.6) is 0 Å². The van der Waals surface area contributed by atoms with Crippen LogP contribution in [0.1, 0.15) is 18.4 Å². The van der Waals surface area contributed by atoms with Crippen LogP contribution in [-0.2, 0) is 21.3 Å². The van der Waals surface area contributed by atoms with Gasteiger partial charge in [-0.1, -0.05) is 51.3 Å². The molecule has 1 aromatic heterocycles. The van der Waals surface area contributed by atoms with Crippen LogP contribution in [0.3, 0.4) is 0 Å². The first-order valence-electron chi connectivity index (χ1n) is 8.86. The molecule has 2 aromatic rings. The summed E-state index contributed by atoms with van der Waals surface area (Å²) >= 11 is 16.2. The number of rotatable bonds is 4. The Labute approximate surface area is 191 Å². The lowest BCUT2D eigenvalue weighted by atomic mass is 9.92. The van der Waals surface area contributed by atoms with E-state index in [-0.39, 0.29) is 32.8 Å². The Morgan fingerprint density at radius 3 is 2.55 bits per heavy atom. The van der Waals surface area contributed by atoms with Gasteiger partial charge in [0.1, 0.15) is 14.1 Å². The molecule has 2 aliphatic rings. The standard InChI is InChI=1S/C18H17BrCl2N2O4S2/c19-13-3-1-2-12(8-13)10-22-11-18(27-17(22)24)4-6-23(7-5-18)29(25,26)15-9-14(20)16(21)28-15/h1-3,8-9H,4-7,10-11H2. The largest absolute Gasteiger partial charge is 0.441 e. The zero-order valence-corrected chi connectivity index (χ0v) is 19.8. The van der Waals surface area contributed by atoms with Gasteiger partial charge in [0, 0.05) is 36.9 Å². The van der Waals surface area contributed by atoms with Gasteiger partial charge in [-0.05, 0) is 23.8 Å². The quantitative estimate of drug-likeness (QED) is 0.548. The van der Waals surface area contributed by atoms with Gasteiger partial charge >= 0.3 is 6.09 Å². The predicted octanol–water partition coefficient (Wildman–Crippen LogP) is 4.99. The maximum atomic E-state index is 12.9. The first kappa shape index (κ1) is 21.4. The minimum Gasteiger partial charge on any atom is -0.441 e. The molecule has 4 rings (SSSR count). The van der Waals surface area contributed by atoms with Crippen molar-refractivity contribution in [2.45, 2.75) is 29.2 Å². The van der Waals surface area contributed by atoms with Gasteiger partial charge in [-0.3, -0.25) is 4.90 Å². The van der Waals surface area contributed by atoms with Gasteiger partial charge in [-0.15, -0.1) is 11.3 Å². The summed E-state index contributed by atoms with van der Waals surface area (Å²) in [7, 11) is -3.67. The summed E-state index contributed by atoms with van der Waals surface area (Å²) < 4.78 is 34.2. The fourth-order valence-electron chi connectivity index (χ4n) is 3.65. The summed E-state index contributed by atoms with van der Waals surface area (Å²) in [6, 6.07) is 9.14. The molecular formula is C18H17BrCl2N2O4S2. The molecule has 2 aliphatic heterocycles. The van der Waals surface area contributed by atoms with Crippen molar-refractivity contribution >= 4 is 66.6 Å². The number of hydrogen-bond donors (Lipinski definition) is 0. The normalized spacial score (nSPS) is 19.7. The molecule has 1 amide bonds. The summed E-state index contributed by atoms with van der Waals surface area (Å²) in [5.41, 5.74) is 0.347. The van der Waals surface area contributed by atoms with Crippen molar-refractivity contribution in [1.82, 2.24) is 9.21 Å². The average molecular weight is 540 g/mol. The summed E-state index contributed by atoms with van der Waals surface area (Å²) in [5, 5.41) is 0.233. The molecule has 2 fully saturated rings. The summed E-state index contributed by atoms with van der Waals surface area (Å²) in [6.45, 7) is 1.44. The molecule has 1 aromatic carbocycles. The van der Waals surface area contributed by atoms with E-state index in [9.17, 15) is 13.2 Å². The highest BCUT2D eigenvalue weighted by Gasteiger charge is 2.48. The number of halogens is 3. The van der Waals surface area contributed by atoms with Gasteiger partial charge < -0.3 is 4.74 Å². The van der Waals surface area contributed by atoms with E-state index in [0.29, 0.717) is 25.9 Å². The topological polar surface area (TPSA) is 66.9 Å². The second kappa shape index (κ2) is 8.01. The molecule has 0 atom stereocenters. The van der Waals surface area contributed by atoms with Gasteiger partial charge in [-0.2, -0.15) is 4.31 Å². The third kappa shape index (κ3) is 4.31. The Balaban J connectivity index is 1.43. The molecule has 0 unspecified atom stereocenters. The van der Waals surface area contributed by atoms with Crippen molar-refractivity contribution in [3.05, 3.63) is 49.7 Å². The van der Waals surface area contributed by atoms with Crippen LogP contribution in [0.25, 0.3) is 0 Å². The van der Waals surface area contributed by atoms with Gasteiger partial charge in [-0.25, -0.2) is 13.2 Å². The van der Waals surface area contributed by atoms with Crippen LogP contribution in [0.4, 0.5) is 4.79 Å². The second-order valence-electron chi connectivity index (χ2n) is 7.13. The minimum atomic E-state index is -3.67. The van der Waals surface area contributed by atoms with E-state index >= 15 is 0 Å². The van der Waals surface area contributed by atoms with Crippen molar-refractivity contribution in [2.75, 3.05) is 19.6 Å². The monoisotopic (exact) mass is 538 g/mol. The van der Waals surface area contributed by atoms with Crippen LogP contribution >= 0.6 is 50.5 Å². The maximum absolute atomic E-state index is 12.9. The van der Waals surface area contributed by atoms with Crippen molar-refractivity contribution in [3.63, 3.8) is 0 Å². The fourth-order valence-corrected chi connectivity index (χ4v) is 7.57. The van der Waals surface area contributed by atoms with Crippen molar-refractivity contribution < 1.29 is 17.9 Å². The molecule has 0 bridgehead atoms. The molecule has 11 heteroatoms. The average Bonchev–Trinajstić information content (AvgIpc) is 3.15. The molecule has 6 nitrogen and oxygen atoms in total. The van der Waals surface area contributed by atoms with Gasteiger partial charge in [0.2, 0.25) is 0 Å². The highest BCUT2D eigenvalue weighted by atomic mass is 79.9. The Morgan fingerprint density at radius 1 is 1.21 bits per heavy atom. The summed E-state index contributed by atoms with van der Waals surface area (Å²) in [6.07, 6.45) is 0.526. The number of amides is 1. The third-order valence-electron chi connectivity index (χ3n) is 5.15. The molecule has 3 heterocycles. The number of ether oxygens (including phenoxy) is 1. The number of sulfonamides is 1. The lowest BCUT2D eigenvalue weighted by molar-refractivity contribution is 0.0172. The Morgan fingerprint density at radius 2 is 1.93 bits per heavy atom. The lowest BCUT2D eigenvalue weighted by Crippen LogP contribution is -2.48. The van der Waals surface area contributed by atoms with E-state index in [1.54, 1.807) is 4.90 Å². The molecule has 0 radical (unpaired) electrons. The van der Waals surface area contributed by atoms with Crippen molar-refractivity contribution in [2.24, 2.45) is 0 Å². The SMILES string of the molecule is O=C1OC2(CCN(S(=O)(=O)c3cc(Cl)c(Cl)s3)CC2)CN1Cc1cccc(Br)c1. The molecule has 29 heavy (non-hydrogen) atoms. The second-order valence-corrected chi connectivity index (χ2v) is 12.3. The maximum Gasteiger partial charge on any atom is 0.410 e. The van der Waals surface area contributed by atoms with E-state index in [1.165, 1.54) is 10.4 Å². The highest BCUT2D eigenvalue weighted by molar-refractivity contribution is 9.10. The van der Waals surface area contributed by atoms with Crippen LogP contribution in [0, 0.1) is 0 Å². The predicted molar refractivity (Wildman–Crippen MR) is 116 cm³/mol. The number of carbonyl (C=O) groups excluding carboxylic acids is 1. The molecule has 1 spiro atoms. The van der Waals surface area contributed by atoms with Gasteiger partial charge in [0.15, 0.2) is 0 Å². The Bertz CT molecular complexity index is 1030. The van der Waals surface area contributed by atoms with Crippen LogP contribution < -0.4 is 0 Å². The molecule has 2 saturated heterocycles. The molecule has 0 aliphatic carbocycles. The summed E-state index contributed by atoms with van der Waals surface area (Å²) in [4.78, 5) is 14.1. The Kier molecular flexibility index (Phi) is 5.91. The van der Waals surface area contributed by atoms with E-state index in [2.05, 4.69) is 15.9 Å². The van der Waals surface area contributed by atoms with E-state index in [0.717, 1.165) is 21.4 Å². The zero-order valence-electron chi connectivity index (χ0n) is 15.1. The molecular weight excluding hydrogens is 523 g/mol. The van der Waals surface area contributed by atoms with Crippen molar-refractivity contribution in [1.29, 1.82) is 0 Å².